The minimum absolute atomic E-state index is 0.110. The number of halogens is 1. The van der Waals surface area contributed by atoms with E-state index in [2.05, 4.69) is 26.2 Å². The highest BCUT2D eigenvalue weighted by Crippen LogP contribution is 2.32. The Morgan fingerprint density at radius 2 is 2.14 bits per heavy atom. The average molecular weight is 407 g/mol. The van der Waals surface area contributed by atoms with E-state index in [9.17, 15) is 18.0 Å². The molecule has 0 aliphatic heterocycles. The highest BCUT2D eigenvalue weighted by molar-refractivity contribution is 9.10. The van der Waals surface area contributed by atoms with Crippen molar-refractivity contribution < 1.29 is 23.1 Å². The Morgan fingerprint density at radius 3 is 2.73 bits per heavy atom. The van der Waals surface area contributed by atoms with Gasteiger partial charge < -0.3 is 10.4 Å². The van der Waals surface area contributed by atoms with Gasteiger partial charge in [-0.15, -0.1) is 11.3 Å². The second kappa shape index (κ2) is 6.31. The van der Waals surface area contributed by atoms with Crippen LogP contribution in [0.5, 0.6) is 0 Å². The Bertz CT molecular complexity index is 846. The summed E-state index contributed by atoms with van der Waals surface area (Å²) in [5.74, 6) is -2.16. The molecule has 2 N–H and O–H groups in total. The summed E-state index contributed by atoms with van der Waals surface area (Å²) in [4.78, 5) is 26.7. The molecule has 1 aromatic carbocycles. The molecule has 0 fully saturated rings. The molecule has 1 unspecified atom stereocenters. The van der Waals surface area contributed by atoms with Crippen molar-refractivity contribution in [1.29, 1.82) is 0 Å². The highest BCUT2D eigenvalue weighted by Gasteiger charge is 2.34. The Labute approximate surface area is 138 Å². The van der Waals surface area contributed by atoms with Gasteiger partial charge in [0.25, 0.3) is 0 Å². The fourth-order valence-electron chi connectivity index (χ4n) is 1.77. The molecule has 118 valence electrons. The number of nitrogens with one attached hydrogen (secondary N) is 1. The molecular formula is C12H11BrN2O5S2. The van der Waals surface area contributed by atoms with E-state index in [4.69, 9.17) is 5.11 Å². The summed E-state index contributed by atoms with van der Waals surface area (Å²) >= 11 is 4.38. The molecule has 0 saturated carbocycles. The first-order valence-corrected chi connectivity index (χ1v) is 9.49. The van der Waals surface area contributed by atoms with Crippen molar-refractivity contribution in [3.8, 4) is 0 Å². The van der Waals surface area contributed by atoms with Gasteiger partial charge in [0, 0.05) is 10.7 Å². The van der Waals surface area contributed by atoms with E-state index in [0.29, 0.717) is 5.52 Å². The van der Waals surface area contributed by atoms with Crippen molar-refractivity contribution in [3.63, 3.8) is 0 Å². The molecule has 2 rings (SSSR count). The van der Waals surface area contributed by atoms with Gasteiger partial charge in [-0.3, -0.25) is 9.59 Å². The third-order valence-electron chi connectivity index (χ3n) is 2.67. The normalized spacial score (nSPS) is 13.0. The summed E-state index contributed by atoms with van der Waals surface area (Å²) in [6.45, 7) is -0.651. The molecule has 1 aromatic heterocycles. The number of carbonyl (C=O) groups excluding carboxylic acids is 1. The van der Waals surface area contributed by atoms with Crippen molar-refractivity contribution in [2.75, 3.05) is 12.8 Å². The van der Waals surface area contributed by atoms with Crippen LogP contribution in [-0.4, -0.2) is 43.2 Å². The minimum Gasteiger partial charge on any atom is -0.480 e. The van der Waals surface area contributed by atoms with Crippen LogP contribution in [-0.2, 0) is 19.4 Å². The Balaban J connectivity index is 2.43. The number of aromatic nitrogens is 1. The summed E-state index contributed by atoms with van der Waals surface area (Å²) in [6, 6.07) is 5.23. The van der Waals surface area contributed by atoms with Gasteiger partial charge in [0.15, 0.2) is 15.1 Å². The summed E-state index contributed by atoms with van der Waals surface area (Å²) in [5.41, 5.74) is 0.572. The average Bonchev–Trinajstić information content (AvgIpc) is 2.76. The number of thiazole rings is 1. The van der Waals surface area contributed by atoms with E-state index in [1.165, 1.54) is 0 Å². The van der Waals surface area contributed by atoms with Gasteiger partial charge in [-0.1, -0.05) is 15.9 Å². The number of amides is 1. The number of aliphatic carboxylic acids is 1. The molecule has 2 aromatic rings. The van der Waals surface area contributed by atoms with E-state index < -0.39 is 33.5 Å². The lowest BCUT2D eigenvalue weighted by Crippen LogP contribution is -2.36. The number of fused-ring (bicyclic) bond motifs is 1. The number of benzene rings is 1. The van der Waals surface area contributed by atoms with Crippen LogP contribution in [0, 0.1) is 0 Å². The quantitative estimate of drug-likeness (QED) is 0.774. The van der Waals surface area contributed by atoms with Gasteiger partial charge in [0.1, 0.15) is 11.6 Å². The van der Waals surface area contributed by atoms with Crippen LogP contribution in [0.15, 0.2) is 22.7 Å². The number of rotatable bonds is 5. The third kappa shape index (κ3) is 3.81. The van der Waals surface area contributed by atoms with Gasteiger partial charge in [-0.2, -0.15) is 0 Å². The molecule has 10 heteroatoms. The van der Waals surface area contributed by atoms with Gasteiger partial charge in [0.05, 0.1) is 10.2 Å². The Hall–Kier alpha value is -1.52. The maximum Gasteiger partial charge on any atom is 0.322 e. The topological polar surface area (TPSA) is 113 Å². The van der Waals surface area contributed by atoms with E-state index in [0.717, 1.165) is 26.8 Å². The van der Waals surface area contributed by atoms with Gasteiger partial charge in [0.2, 0.25) is 5.91 Å². The lowest BCUT2D eigenvalue weighted by molar-refractivity contribution is -0.137. The summed E-state index contributed by atoms with van der Waals surface area (Å²) < 4.78 is 25.4. The van der Waals surface area contributed by atoms with Crippen LogP contribution in [0.4, 0.5) is 0 Å². The SMILES string of the molecule is CS(=O)(=O)C(C(=O)NCC(=O)O)c1nc2ccc(Br)cc2s1. The standard InChI is InChI=1S/C12H11BrN2O5S2/c1-22(19,20)10(11(18)14-5-9(16)17)12-15-7-3-2-6(13)4-8(7)21-12/h2-4,10H,5H2,1H3,(H,14,18)(H,16,17). The number of nitrogens with zero attached hydrogens (tertiary/aromatic N) is 1. The zero-order valence-electron chi connectivity index (χ0n) is 11.2. The zero-order valence-corrected chi connectivity index (χ0v) is 14.5. The highest BCUT2D eigenvalue weighted by atomic mass is 79.9. The van der Waals surface area contributed by atoms with E-state index in [1.807, 2.05) is 0 Å². The first-order valence-electron chi connectivity index (χ1n) is 5.93. The van der Waals surface area contributed by atoms with Crippen molar-refractivity contribution >= 4 is 59.2 Å². The number of carboxylic acid groups (broad SMARTS) is 1. The molecule has 0 aliphatic carbocycles. The first kappa shape index (κ1) is 16.8. The van der Waals surface area contributed by atoms with Crippen molar-refractivity contribution in [2.24, 2.45) is 0 Å². The fourth-order valence-corrected chi connectivity index (χ4v) is 4.83. The lowest BCUT2D eigenvalue weighted by atomic mass is 10.3. The molecular weight excluding hydrogens is 396 g/mol. The maximum absolute atomic E-state index is 12.0. The number of hydrogen-bond acceptors (Lipinski definition) is 6. The molecule has 1 heterocycles. The molecule has 1 atom stereocenters. The molecule has 7 nitrogen and oxygen atoms in total. The van der Waals surface area contributed by atoms with Gasteiger partial charge in [-0.25, -0.2) is 13.4 Å². The van der Waals surface area contributed by atoms with Crippen molar-refractivity contribution in [1.82, 2.24) is 10.3 Å². The Morgan fingerprint density at radius 1 is 1.45 bits per heavy atom. The van der Waals surface area contributed by atoms with Crippen LogP contribution in [0.2, 0.25) is 0 Å². The third-order valence-corrected chi connectivity index (χ3v) is 5.69. The summed E-state index contributed by atoms with van der Waals surface area (Å²) in [7, 11) is -3.79. The summed E-state index contributed by atoms with van der Waals surface area (Å²) in [6.07, 6.45) is 0.917. The molecule has 0 aliphatic rings. The molecule has 1 amide bonds. The van der Waals surface area contributed by atoms with Crippen LogP contribution in [0.3, 0.4) is 0 Å². The molecule has 0 radical (unpaired) electrons. The van der Waals surface area contributed by atoms with Crippen molar-refractivity contribution in [3.05, 3.63) is 27.7 Å². The molecule has 0 saturated heterocycles. The van der Waals surface area contributed by atoms with Crippen LogP contribution >= 0.6 is 27.3 Å². The number of carboxylic acids is 1. The van der Waals surface area contributed by atoms with Gasteiger partial charge in [-0.05, 0) is 18.2 Å². The van der Waals surface area contributed by atoms with Crippen LogP contribution < -0.4 is 5.32 Å². The van der Waals surface area contributed by atoms with Crippen molar-refractivity contribution in [2.45, 2.75) is 5.25 Å². The first-order chi connectivity index (χ1) is 10.2. The number of carbonyl (C=O) groups is 2. The molecule has 0 bridgehead atoms. The zero-order chi connectivity index (χ0) is 16.5. The largest absolute Gasteiger partial charge is 0.480 e. The number of sulfone groups is 1. The predicted molar refractivity (Wildman–Crippen MR) is 85.6 cm³/mol. The van der Waals surface area contributed by atoms with E-state index >= 15 is 0 Å². The molecule has 0 spiro atoms. The van der Waals surface area contributed by atoms with Crippen LogP contribution in [0.1, 0.15) is 10.3 Å². The molecule has 22 heavy (non-hydrogen) atoms. The van der Waals surface area contributed by atoms with E-state index in [-0.39, 0.29) is 5.01 Å². The number of hydrogen-bond donors (Lipinski definition) is 2. The Kier molecular flexibility index (Phi) is 4.83. The minimum atomic E-state index is -3.79. The predicted octanol–water partition coefficient (Wildman–Crippen LogP) is 1.35. The van der Waals surface area contributed by atoms with E-state index in [1.54, 1.807) is 18.2 Å². The van der Waals surface area contributed by atoms with Crippen LogP contribution in [0.25, 0.3) is 10.2 Å². The fraction of sp³-hybridized carbons (Fsp3) is 0.250. The maximum atomic E-state index is 12.0. The second-order valence-corrected chi connectivity index (χ2v) is 8.59. The monoisotopic (exact) mass is 406 g/mol. The lowest BCUT2D eigenvalue weighted by Gasteiger charge is -2.11. The smallest absolute Gasteiger partial charge is 0.322 e. The summed E-state index contributed by atoms with van der Waals surface area (Å²) in [5, 5.41) is 9.25. The second-order valence-electron chi connectivity index (χ2n) is 4.49. The van der Waals surface area contributed by atoms with Gasteiger partial charge >= 0.3 is 5.97 Å².